The van der Waals surface area contributed by atoms with Crippen molar-refractivity contribution in [1.29, 1.82) is 0 Å². The second-order valence-corrected chi connectivity index (χ2v) is 10.1. The Morgan fingerprint density at radius 3 is 2.53 bits per heavy atom. The molecular formula is C27H35N5. The number of nitrogens with one attached hydrogen (secondary N) is 3. The highest BCUT2D eigenvalue weighted by Crippen LogP contribution is 2.36. The van der Waals surface area contributed by atoms with Crippen LogP contribution in [-0.2, 0) is 12.8 Å². The Kier molecular flexibility index (Phi) is 5.40. The van der Waals surface area contributed by atoms with Gasteiger partial charge in [-0.1, -0.05) is 6.07 Å². The van der Waals surface area contributed by atoms with E-state index in [1.54, 1.807) is 5.56 Å². The van der Waals surface area contributed by atoms with Crippen LogP contribution in [0, 0.1) is 0 Å². The zero-order valence-electron chi connectivity index (χ0n) is 19.2. The Balaban J connectivity index is 1.23. The molecule has 0 spiro atoms. The van der Waals surface area contributed by atoms with Gasteiger partial charge in [0.1, 0.15) is 0 Å². The van der Waals surface area contributed by atoms with E-state index in [2.05, 4.69) is 57.8 Å². The third kappa shape index (κ3) is 3.82. The first-order valence-corrected chi connectivity index (χ1v) is 12.5. The molecule has 3 aliphatic rings. The van der Waals surface area contributed by atoms with Crippen LogP contribution >= 0.6 is 0 Å². The molecule has 4 heterocycles. The number of rotatable bonds is 3. The van der Waals surface area contributed by atoms with Crippen LogP contribution in [0.3, 0.4) is 0 Å². The van der Waals surface area contributed by atoms with Gasteiger partial charge in [-0.05, 0) is 112 Å². The summed E-state index contributed by atoms with van der Waals surface area (Å²) in [6.07, 6.45) is 12.7. The number of aliphatic imine (C=N–C) groups is 1. The van der Waals surface area contributed by atoms with E-state index in [0.717, 1.165) is 38.0 Å². The lowest BCUT2D eigenvalue weighted by Crippen LogP contribution is -2.29. The van der Waals surface area contributed by atoms with Crippen molar-refractivity contribution in [3.05, 3.63) is 53.0 Å². The molecule has 5 nitrogen and oxygen atoms in total. The van der Waals surface area contributed by atoms with Gasteiger partial charge in [0.25, 0.3) is 0 Å². The molecule has 3 N–H and O–H groups in total. The summed E-state index contributed by atoms with van der Waals surface area (Å²) in [7, 11) is 2.23. The minimum absolute atomic E-state index is 0.677. The van der Waals surface area contributed by atoms with Crippen molar-refractivity contribution in [2.75, 3.05) is 33.2 Å². The number of piperidine rings is 2. The molecule has 0 atom stereocenters. The number of benzene rings is 1. The third-order valence-corrected chi connectivity index (χ3v) is 8.08. The first-order chi connectivity index (χ1) is 15.7. The monoisotopic (exact) mass is 429 g/mol. The molecule has 2 saturated heterocycles. The van der Waals surface area contributed by atoms with Crippen LogP contribution in [0.25, 0.3) is 10.9 Å². The summed E-state index contributed by atoms with van der Waals surface area (Å²) in [5, 5.41) is 4.88. The highest BCUT2D eigenvalue weighted by Gasteiger charge is 2.25. The highest BCUT2D eigenvalue weighted by atomic mass is 15.1. The van der Waals surface area contributed by atoms with E-state index in [9.17, 15) is 0 Å². The van der Waals surface area contributed by atoms with Crippen LogP contribution in [-0.4, -0.2) is 53.8 Å². The molecule has 2 aromatic heterocycles. The van der Waals surface area contributed by atoms with E-state index in [4.69, 9.17) is 4.99 Å². The van der Waals surface area contributed by atoms with Gasteiger partial charge in [-0.25, -0.2) is 0 Å². The molecule has 2 aliphatic heterocycles. The Morgan fingerprint density at radius 1 is 0.906 bits per heavy atom. The molecular weight excluding hydrogens is 394 g/mol. The third-order valence-electron chi connectivity index (χ3n) is 8.08. The van der Waals surface area contributed by atoms with Gasteiger partial charge in [0.2, 0.25) is 0 Å². The molecule has 0 radical (unpaired) electrons. The lowest BCUT2D eigenvalue weighted by molar-refractivity contribution is 0.256. The van der Waals surface area contributed by atoms with Crippen LogP contribution in [0.2, 0.25) is 0 Å². The molecule has 0 amide bonds. The summed E-state index contributed by atoms with van der Waals surface area (Å²) in [4.78, 5) is 14.7. The van der Waals surface area contributed by atoms with Crippen LogP contribution in [0.5, 0.6) is 0 Å². The molecule has 1 aromatic carbocycles. The zero-order chi connectivity index (χ0) is 21.5. The lowest BCUT2D eigenvalue weighted by Gasteiger charge is -2.28. The van der Waals surface area contributed by atoms with Gasteiger partial charge in [0, 0.05) is 41.1 Å². The van der Waals surface area contributed by atoms with Crippen LogP contribution in [0.4, 0.5) is 5.69 Å². The first-order valence-electron chi connectivity index (χ1n) is 12.5. The number of aromatic nitrogens is 2. The molecule has 0 saturated carbocycles. The molecule has 0 unspecified atom stereocenters. The van der Waals surface area contributed by atoms with Crippen LogP contribution in [0.1, 0.15) is 66.3 Å². The molecule has 0 bridgehead atoms. The van der Waals surface area contributed by atoms with Gasteiger partial charge in [0.05, 0.1) is 5.69 Å². The standard InChI is InChI=1S/C27H35N5/c1-32-12-8-19(9-13-32)24-16-30-27-15-21(2-4-22(24)27)31-20-3-5-26-23(14-20)25(17-29-26)18-6-10-28-11-7-18/h2,4,15-19,28-30H,3,5-14H2,1H3. The van der Waals surface area contributed by atoms with Crippen molar-refractivity contribution >= 4 is 22.3 Å². The van der Waals surface area contributed by atoms with Gasteiger partial charge in [-0.15, -0.1) is 0 Å². The number of hydrogen-bond acceptors (Lipinski definition) is 3. The van der Waals surface area contributed by atoms with E-state index in [1.807, 2.05) is 0 Å². The Bertz CT molecular complexity index is 1120. The number of fused-ring (bicyclic) bond motifs is 2. The molecule has 168 valence electrons. The minimum atomic E-state index is 0.677. The van der Waals surface area contributed by atoms with Gasteiger partial charge in [-0.3, -0.25) is 4.99 Å². The quantitative estimate of drug-likeness (QED) is 0.547. The average molecular weight is 430 g/mol. The van der Waals surface area contributed by atoms with E-state index in [-0.39, 0.29) is 0 Å². The smallest absolute Gasteiger partial charge is 0.0650 e. The van der Waals surface area contributed by atoms with E-state index in [0.29, 0.717) is 11.8 Å². The average Bonchev–Trinajstić information content (AvgIpc) is 3.44. The molecule has 5 heteroatoms. The van der Waals surface area contributed by atoms with Crippen molar-refractivity contribution in [2.24, 2.45) is 4.99 Å². The fourth-order valence-corrected chi connectivity index (χ4v) is 6.15. The minimum Gasteiger partial charge on any atom is -0.364 e. The molecule has 3 aromatic rings. The van der Waals surface area contributed by atoms with E-state index < -0.39 is 0 Å². The van der Waals surface area contributed by atoms with Gasteiger partial charge in [0.15, 0.2) is 0 Å². The summed E-state index contributed by atoms with van der Waals surface area (Å²) in [5.41, 5.74) is 9.67. The van der Waals surface area contributed by atoms with Gasteiger partial charge < -0.3 is 20.2 Å². The van der Waals surface area contributed by atoms with Crippen molar-refractivity contribution in [2.45, 2.75) is 56.8 Å². The maximum absolute atomic E-state index is 5.13. The fraction of sp³-hybridized carbons (Fsp3) is 0.519. The highest BCUT2D eigenvalue weighted by molar-refractivity contribution is 5.92. The van der Waals surface area contributed by atoms with Crippen molar-refractivity contribution < 1.29 is 0 Å². The molecule has 32 heavy (non-hydrogen) atoms. The second kappa shape index (κ2) is 8.53. The Labute approximate surface area is 190 Å². The Hall–Kier alpha value is -2.37. The predicted molar refractivity (Wildman–Crippen MR) is 133 cm³/mol. The summed E-state index contributed by atoms with van der Waals surface area (Å²) in [6, 6.07) is 6.77. The van der Waals surface area contributed by atoms with Crippen molar-refractivity contribution in [3.63, 3.8) is 0 Å². The number of aryl methyl sites for hydroxylation is 1. The molecule has 1 aliphatic carbocycles. The van der Waals surface area contributed by atoms with E-state index >= 15 is 0 Å². The predicted octanol–water partition coefficient (Wildman–Crippen LogP) is 5.03. The SMILES string of the molecule is CN1CCC(c2c[nH]c3cc(N=C4CCc5[nH]cc(C6CCNCC6)c5C4)ccc23)CC1. The van der Waals surface area contributed by atoms with Crippen molar-refractivity contribution in [1.82, 2.24) is 20.2 Å². The van der Waals surface area contributed by atoms with E-state index in [1.165, 1.54) is 72.2 Å². The second-order valence-electron chi connectivity index (χ2n) is 10.1. The number of hydrogen-bond donors (Lipinski definition) is 3. The van der Waals surface area contributed by atoms with Gasteiger partial charge >= 0.3 is 0 Å². The number of H-pyrrole nitrogens is 2. The first kappa shape index (κ1) is 20.3. The van der Waals surface area contributed by atoms with Crippen LogP contribution < -0.4 is 5.32 Å². The zero-order valence-corrected chi connectivity index (χ0v) is 19.2. The number of aromatic amines is 2. The maximum atomic E-state index is 5.13. The molecule has 6 rings (SSSR count). The summed E-state index contributed by atoms with van der Waals surface area (Å²) in [5.74, 6) is 1.37. The molecule has 2 fully saturated rings. The Morgan fingerprint density at radius 2 is 1.69 bits per heavy atom. The normalized spacial score (nSPS) is 22.6. The summed E-state index contributed by atoms with van der Waals surface area (Å²) < 4.78 is 0. The fourth-order valence-electron chi connectivity index (χ4n) is 6.15. The maximum Gasteiger partial charge on any atom is 0.0650 e. The van der Waals surface area contributed by atoms with Crippen LogP contribution in [0.15, 0.2) is 35.6 Å². The number of nitrogens with zero attached hydrogens (tertiary/aromatic N) is 2. The topological polar surface area (TPSA) is 59.2 Å². The lowest BCUT2D eigenvalue weighted by atomic mass is 9.84. The largest absolute Gasteiger partial charge is 0.364 e. The van der Waals surface area contributed by atoms with Crippen molar-refractivity contribution in [3.8, 4) is 0 Å². The number of likely N-dealkylation sites (tertiary alicyclic amines) is 1. The van der Waals surface area contributed by atoms with Gasteiger partial charge in [-0.2, -0.15) is 0 Å². The summed E-state index contributed by atoms with van der Waals surface area (Å²) >= 11 is 0. The summed E-state index contributed by atoms with van der Waals surface area (Å²) in [6.45, 7) is 4.68.